The maximum absolute atomic E-state index is 11.3. The van der Waals surface area contributed by atoms with Gasteiger partial charge in [0.05, 0.1) is 28.8 Å². The molecular weight excluding hydrogens is 456 g/mol. The Kier molecular flexibility index (Phi) is 7.75. The van der Waals surface area contributed by atoms with Gasteiger partial charge < -0.3 is 15.2 Å². The number of methoxy groups -OCH3 is 1. The van der Waals surface area contributed by atoms with Crippen molar-refractivity contribution in [3.8, 4) is 11.5 Å². The molecule has 0 radical (unpaired) electrons. The van der Waals surface area contributed by atoms with Crippen molar-refractivity contribution < 1.29 is 14.8 Å². The van der Waals surface area contributed by atoms with Crippen molar-refractivity contribution in [3.63, 3.8) is 0 Å². The van der Waals surface area contributed by atoms with Gasteiger partial charge in [0.15, 0.2) is 0 Å². The lowest BCUT2D eigenvalue weighted by Crippen LogP contribution is -2.22. The summed E-state index contributed by atoms with van der Waals surface area (Å²) >= 11 is 0. The number of nitrogens with one attached hydrogen (secondary N) is 1. The van der Waals surface area contributed by atoms with Crippen LogP contribution in [0.3, 0.4) is 0 Å². The number of ether oxygens (including phenoxy) is 1. The number of non-ortho nitro benzene ring substituents is 1. The molecule has 0 unspecified atom stereocenters. The molecule has 0 aliphatic carbocycles. The molecule has 34 heavy (non-hydrogen) atoms. The van der Waals surface area contributed by atoms with E-state index in [1.54, 1.807) is 19.2 Å². The van der Waals surface area contributed by atoms with Crippen molar-refractivity contribution in [1.29, 1.82) is 0 Å². The molecule has 0 amide bonds. The summed E-state index contributed by atoms with van der Waals surface area (Å²) in [5, 5.41) is 26.7. The number of rotatable bonds is 8. The molecule has 0 aliphatic heterocycles. The highest BCUT2D eigenvalue weighted by Crippen LogP contribution is 2.37. The molecular formula is C25H27ClN4O4. The quantitative estimate of drug-likeness (QED) is 0.137. The van der Waals surface area contributed by atoms with E-state index in [2.05, 4.69) is 29.0 Å². The lowest BCUT2D eigenvalue weighted by Gasteiger charge is -2.20. The zero-order valence-electron chi connectivity index (χ0n) is 19.2. The van der Waals surface area contributed by atoms with Crippen LogP contribution in [-0.2, 0) is 6.54 Å². The van der Waals surface area contributed by atoms with E-state index in [-0.39, 0.29) is 23.8 Å². The molecule has 9 heteroatoms. The third-order valence-electron chi connectivity index (χ3n) is 5.81. The first kappa shape index (κ1) is 25.0. The second-order valence-corrected chi connectivity index (χ2v) is 7.76. The smallest absolute Gasteiger partial charge is 0.271 e. The minimum Gasteiger partial charge on any atom is -0.508 e. The van der Waals surface area contributed by atoms with Gasteiger partial charge in [-0.2, -0.15) is 0 Å². The molecule has 0 saturated heterocycles. The van der Waals surface area contributed by atoms with Gasteiger partial charge in [-0.3, -0.25) is 15.0 Å². The average molecular weight is 483 g/mol. The predicted molar refractivity (Wildman–Crippen MR) is 138 cm³/mol. The highest BCUT2D eigenvalue weighted by Gasteiger charge is 2.15. The summed E-state index contributed by atoms with van der Waals surface area (Å²) in [7, 11) is 1.60. The Labute approximate surface area is 203 Å². The molecule has 0 saturated carbocycles. The SMILES string of the molecule is CCN(CC)Cc1cc(Nc2c3ccc([N+](=O)[O-])cc3nc3ccc(OC)cc23)ccc1O.Cl. The van der Waals surface area contributed by atoms with Crippen molar-refractivity contribution in [2.24, 2.45) is 0 Å². The van der Waals surface area contributed by atoms with Gasteiger partial charge in [-0.05, 0) is 55.6 Å². The van der Waals surface area contributed by atoms with Crippen LogP contribution in [0.5, 0.6) is 11.5 Å². The molecule has 1 heterocycles. The summed E-state index contributed by atoms with van der Waals surface area (Å²) < 4.78 is 5.41. The lowest BCUT2D eigenvalue weighted by molar-refractivity contribution is -0.384. The first-order valence-electron chi connectivity index (χ1n) is 10.8. The number of nitro groups is 1. The van der Waals surface area contributed by atoms with Crippen LogP contribution in [-0.4, -0.2) is 40.1 Å². The van der Waals surface area contributed by atoms with Crippen LogP contribution in [0.4, 0.5) is 17.1 Å². The van der Waals surface area contributed by atoms with Crippen LogP contribution >= 0.6 is 12.4 Å². The third-order valence-corrected chi connectivity index (χ3v) is 5.81. The van der Waals surface area contributed by atoms with Crippen LogP contribution in [0.15, 0.2) is 54.6 Å². The van der Waals surface area contributed by atoms with Crippen LogP contribution in [0, 0.1) is 10.1 Å². The maximum atomic E-state index is 11.3. The first-order chi connectivity index (χ1) is 15.9. The Morgan fingerprint density at radius 1 is 1.03 bits per heavy atom. The van der Waals surface area contributed by atoms with E-state index in [1.165, 1.54) is 12.1 Å². The van der Waals surface area contributed by atoms with E-state index in [1.807, 2.05) is 30.3 Å². The number of pyridine rings is 1. The van der Waals surface area contributed by atoms with Gasteiger partial charge in [-0.15, -0.1) is 12.4 Å². The maximum Gasteiger partial charge on any atom is 0.271 e. The minimum atomic E-state index is -0.425. The van der Waals surface area contributed by atoms with Crippen molar-refractivity contribution >= 4 is 51.3 Å². The Bertz CT molecular complexity index is 1340. The van der Waals surface area contributed by atoms with E-state index < -0.39 is 4.92 Å². The largest absolute Gasteiger partial charge is 0.508 e. The van der Waals surface area contributed by atoms with Crippen molar-refractivity contribution in [1.82, 2.24) is 9.88 Å². The number of phenolic OH excluding ortho intramolecular Hbond substituents is 1. The Balaban J connectivity index is 0.00000324. The fourth-order valence-corrected chi connectivity index (χ4v) is 3.91. The fraction of sp³-hybridized carbons (Fsp3) is 0.240. The Hall–Kier alpha value is -3.62. The molecule has 2 N–H and O–H groups in total. The van der Waals surface area contributed by atoms with E-state index in [0.717, 1.165) is 40.8 Å². The van der Waals surface area contributed by atoms with E-state index in [0.29, 0.717) is 23.3 Å². The number of anilines is 2. The Morgan fingerprint density at radius 2 is 1.79 bits per heavy atom. The number of hydrogen-bond donors (Lipinski definition) is 2. The monoisotopic (exact) mass is 482 g/mol. The summed E-state index contributed by atoms with van der Waals surface area (Å²) in [5.74, 6) is 0.927. The molecule has 178 valence electrons. The standard InChI is InChI=1S/C25H26N4O4.ClH/c1-4-28(5-2)15-16-12-17(6-11-24(16)30)26-25-20-9-7-18(29(31)32)13-23(20)27-22-10-8-19(33-3)14-21(22)25;/h6-14,30H,4-5,15H2,1-3H3,(H,26,27);1H. The zero-order valence-corrected chi connectivity index (χ0v) is 20.1. The van der Waals surface area contributed by atoms with Gasteiger partial charge >= 0.3 is 0 Å². The second kappa shape index (κ2) is 10.5. The molecule has 8 nitrogen and oxygen atoms in total. The number of nitrogens with zero attached hydrogens (tertiary/aromatic N) is 3. The number of phenols is 1. The van der Waals surface area contributed by atoms with E-state index in [9.17, 15) is 15.2 Å². The molecule has 0 aliphatic rings. The number of benzene rings is 3. The van der Waals surface area contributed by atoms with Gasteiger partial charge in [0, 0.05) is 40.7 Å². The number of hydrogen-bond acceptors (Lipinski definition) is 7. The van der Waals surface area contributed by atoms with Crippen molar-refractivity contribution in [2.45, 2.75) is 20.4 Å². The first-order valence-corrected chi connectivity index (χ1v) is 10.8. The molecule has 4 aromatic rings. The molecule has 1 aromatic heterocycles. The fourth-order valence-electron chi connectivity index (χ4n) is 3.91. The molecule has 0 atom stereocenters. The van der Waals surface area contributed by atoms with Crippen LogP contribution in [0.1, 0.15) is 19.4 Å². The van der Waals surface area contributed by atoms with Gasteiger partial charge in [-0.25, -0.2) is 4.98 Å². The summed E-state index contributed by atoms with van der Waals surface area (Å²) in [5.41, 5.74) is 3.58. The van der Waals surface area contributed by atoms with Crippen LogP contribution in [0.25, 0.3) is 21.8 Å². The topological polar surface area (TPSA) is 101 Å². The summed E-state index contributed by atoms with van der Waals surface area (Å²) in [6.07, 6.45) is 0. The third kappa shape index (κ3) is 4.98. The van der Waals surface area contributed by atoms with Crippen molar-refractivity contribution in [2.75, 3.05) is 25.5 Å². The molecule has 0 bridgehead atoms. The highest BCUT2D eigenvalue weighted by molar-refractivity contribution is 6.09. The summed E-state index contributed by atoms with van der Waals surface area (Å²) in [6, 6.07) is 15.6. The average Bonchev–Trinajstić information content (AvgIpc) is 2.83. The van der Waals surface area contributed by atoms with Gasteiger partial charge in [-0.1, -0.05) is 13.8 Å². The number of aromatic nitrogens is 1. The second-order valence-electron chi connectivity index (χ2n) is 7.76. The number of halogens is 1. The highest BCUT2D eigenvalue weighted by atomic mass is 35.5. The molecule has 0 fully saturated rings. The van der Waals surface area contributed by atoms with Crippen molar-refractivity contribution in [3.05, 3.63) is 70.3 Å². The Morgan fingerprint density at radius 3 is 2.47 bits per heavy atom. The number of aromatic hydroxyl groups is 1. The molecule has 4 rings (SSSR count). The summed E-state index contributed by atoms with van der Waals surface area (Å²) in [6.45, 7) is 6.57. The number of nitro benzene ring substituents is 1. The molecule has 3 aromatic carbocycles. The van der Waals surface area contributed by atoms with Gasteiger partial charge in [0.1, 0.15) is 11.5 Å². The van der Waals surface area contributed by atoms with E-state index >= 15 is 0 Å². The van der Waals surface area contributed by atoms with Crippen LogP contribution < -0.4 is 10.1 Å². The molecule has 0 spiro atoms. The number of fused-ring (bicyclic) bond motifs is 2. The van der Waals surface area contributed by atoms with Gasteiger partial charge in [0.2, 0.25) is 0 Å². The predicted octanol–water partition coefficient (Wildman–Crippen LogP) is 6.02. The van der Waals surface area contributed by atoms with Crippen LogP contribution in [0.2, 0.25) is 0 Å². The normalized spacial score (nSPS) is 10.9. The van der Waals surface area contributed by atoms with E-state index in [4.69, 9.17) is 4.74 Å². The van der Waals surface area contributed by atoms with Gasteiger partial charge in [0.25, 0.3) is 5.69 Å². The summed E-state index contributed by atoms with van der Waals surface area (Å²) in [4.78, 5) is 17.7. The zero-order chi connectivity index (χ0) is 23.5. The minimum absolute atomic E-state index is 0. The lowest BCUT2D eigenvalue weighted by atomic mass is 10.1.